The van der Waals surface area contributed by atoms with Crippen LogP contribution in [0.5, 0.6) is 0 Å². The van der Waals surface area contributed by atoms with Crippen LogP contribution in [0.2, 0.25) is 0 Å². The first-order valence-electron chi connectivity index (χ1n) is 9.78. The third kappa shape index (κ3) is 5.52. The number of rotatable bonds is 8. The van der Waals surface area contributed by atoms with Gasteiger partial charge in [0.2, 0.25) is 15.9 Å². The number of hydrogen-bond acceptors (Lipinski definition) is 5. The van der Waals surface area contributed by atoms with Crippen molar-refractivity contribution in [1.29, 1.82) is 0 Å². The molecule has 0 saturated carbocycles. The predicted octanol–water partition coefficient (Wildman–Crippen LogP) is 3.56. The molecule has 8 heteroatoms. The van der Waals surface area contributed by atoms with E-state index in [0.717, 1.165) is 23.7 Å². The van der Waals surface area contributed by atoms with Crippen LogP contribution in [-0.4, -0.2) is 39.7 Å². The Labute approximate surface area is 177 Å². The van der Waals surface area contributed by atoms with Gasteiger partial charge in [-0.15, -0.1) is 11.8 Å². The van der Waals surface area contributed by atoms with Crippen molar-refractivity contribution in [2.24, 2.45) is 5.92 Å². The summed E-state index contributed by atoms with van der Waals surface area (Å²) in [7, 11) is -3.64. The van der Waals surface area contributed by atoms with Gasteiger partial charge in [0.15, 0.2) is 0 Å². The molecule has 0 aliphatic carbocycles. The molecule has 0 radical (unpaired) electrons. The van der Waals surface area contributed by atoms with Gasteiger partial charge in [-0.1, -0.05) is 25.1 Å². The second-order valence-electron chi connectivity index (χ2n) is 7.03. The van der Waals surface area contributed by atoms with Crippen LogP contribution in [0.25, 0.3) is 0 Å². The third-order valence-electron chi connectivity index (χ3n) is 4.86. The monoisotopic (exact) mass is 433 g/mol. The van der Waals surface area contributed by atoms with E-state index in [2.05, 4.69) is 34.0 Å². The van der Waals surface area contributed by atoms with Crippen molar-refractivity contribution in [1.82, 2.24) is 4.72 Å². The number of carbonyl (C=O) groups is 1. The highest BCUT2D eigenvalue weighted by Gasteiger charge is 2.22. The van der Waals surface area contributed by atoms with E-state index in [-0.39, 0.29) is 16.7 Å². The Morgan fingerprint density at radius 1 is 1.21 bits per heavy atom. The zero-order valence-electron chi connectivity index (χ0n) is 16.7. The molecule has 1 atom stereocenters. The molecule has 0 fully saturated rings. The highest BCUT2D eigenvalue weighted by atomic mass is 32.2. The van der Waals surface area contributed by atoms with Gasteiger partial charge in [0.1, 0.15) is 0 Å². The lowest BCUT2D eigenvalue weighted by Gasteiger charge is -2.23. The highest BCUT2D eigenvalue weighted by molar-refractivity contribution is 7.99. The van der Waals surface area contributed by atoms with E-state index in [4.69, 9.17) is 0 Å². The SMILES string of the molecule is CCN(CCCNS(=O)(=O)c1ccc2c(c1)NC(=O)[C@H](C)CS2)c1ccccc1. The quantitative estimate of drug-likeness (QED) is 0.623. The fraction of sp³-hybridized carbons (Fsp3) is 0.381. The van der Waals surface area contributed by atoms with Gasteiger partial charge in [0, 0.05) is 41.9 Å². The summed E-state index contributed by atoms with van der Waals surface area (Å²) < 4.78 is 28.1. The zero-order valence-corrected chi connectivity index (χ0v) is 18.4. The van der Waals surface area contributed by atoms with Crippen LogP contribution in [0.15, 0.2) is 58.3 Å². The lowest BCUT2D eigenvalue weighted by atomic mass is 10.2. The first-order valence-corrected chi connectivity index (χ1v) is 12.2. The molecule has 1 aliphatic heterocycles. The van der Waals surface area contributed by atoms with Crippen molar-refractivity contribution < 1.29 is 13.2 Å². The second kappa shape index (κ2) is 9.65. The molecule has 0 spiro atoms. The molecule has 0 saturated heterocycles. The Morgan fingerprint density at radius 2 is 1.97 bits per heavy atom. The van der Waals surface area contributed by atoms with E-state index < -0.39 is 10.0 Å². The van der Waals surface area contributed by atoms with Crippen molar-refractivity contribution in [2.45, 2.75) is 30.1 Å². The van der Waals surface area contributed by atoms with E-state index in [9.17, 15) is 13.2 Å². The zero-order chi connectivity index (χ0) is 20.9. The first kappa shape index (κ1) is 21.7. The fourth-order valence-electron chi connectivity index (χ4n) is 3.11. The van der Waals surface area contributed by atoms with Crippen LogP contribution in [-0.2, 0) is 14.8 Å². The normalized spacial score (nSPS) is 16.6. The summed E-state index contributed by atoms with van der Waals surface area (Å²) in [6.07, 6.45) is 0.691. The van der Waals surface area contributed by atoms with E-state index in [1.165, 1.54) is 0 Å². The van der Waals surface area contributed by atoms with E-state index in [1.54, 1.807) is 30.0 Å². The summed E-state index contributed by atoms with van der Waals surface area (Å²) in [6.45, 7) is 5.92. The predicted molar refractivity (Wildman–Crippen MR) is 119 cm³/mol. The van der Waals surface area contributed by atoms with Gasteiger partial charge >= 0.3 is 0 Å². The van der Waals surface area contributed by atoms with Crippen molar-refractivity contribution in [3.8, 4) is 0 Å². The number of para-hydroxylation sites is 1. The molecule has 3 rings (SSSR count). The molecule has 156 valence electrons. The number of anilines is 2. The number of nitrogens with zero attached hydrogens (tertiary/aromatic N) is 1. The number of sulfonamides is 1. The number of carbonyl (C=O) groups excluding carboxylic acids is 1. The number of amides is 1. The maximum atomic E-state index is 12.7. The molecule has 0 bridgehead atoms. The summed E-state index contributed by atoms with van der Waals surface area (Å²) in [5.41, 5.74) is 1.69. The molecule has 0 unspecified atom stereocenters. The third-order valence-corrected chi connectivity index (χ3v) is 7.65. The van der Waals surface area contributed by atoms with Gasteiger partial charge in [0.05, 0.1) is 10.6 Å². The van der Waals surface area contributed by atoms with E-state index >= 15 is 0 Å². The molecule has 29 heavy (non-hydrogen) atoms. The van der Waals surface area contributed by atoms with Crippen LogP contribution >= 0.6 is 11.8 Å². The van der Waals surface area contributed by atoms with Gasteiger partial charge in [0.25, 0.3) is 0 Å². The second-order valence-corrected chi connectivity index (χ2v) is 9.85. The fourth-order valence-corrected chi connectivity index (χ4v) is 5.23. The molecule has 1 amide bonds. The Bertz CT molecular complexity index is 949. The molecular formula is C21H27N3O3S2. The molecule has 1 aliphatic rings. The van der Waals surface area contributed by atoms with Crippen LogP contribution in [0, 0.1) is 5.92 Å². The lowest BCUT2D eigenvalue weighted by Crippen LogP contribution is -2.30. The van der Waals surface area contributed by atoms with Gasteiger partial charge in [-0.05, 0) is 43.7 Å². The molecule has 6 nitrogen and oxygen atoms in total. The van der Waals surface area contributed by atoms with Crippen LogP contribution in [0.1, 0.15) is 20.3 Å². The number of fused-ring (bicyclic) bond motifs is 1. The summed E-state index contributed by atoms with van der Waals surface area (Å²) in [4.78, 5) is 15.3. The minimum Gasteiger partial charge on any atom is -0.372 e. The topological polar surface area (TPSA) is 78.5 Å². The molecule has 0 aromatic heterocycles. The van der Waals surface area contributed by atoms with Gasteiger partial charge in [-0.2, -0.15) is 0 Å². The summed E-state index contributed by atoms with van der Waals surface area (Å²) >= 11 is 1.56. The Kier molecular flexibility index (Phi) is 7.21. The summed E-state index contributed by atoms with van der Waals surface area (Å²) in [5, 5.41) is 2.83. The van der Waals surface area contributed by atoms with Crippen molar-refractivity contribution in [3.63, 3.8) is 0 Å². The molecule has 2 aromatic carbocycles. The molecular weight excluding hydrogens is 406 g/mol. The Morgan fingerprint density at radius 3 is 2.69 bits per heavy atom. The van der Waals surface area contributed by atoms with Gasteiger partial charge in [-0.3, -0.25) is 4.79 Å². The minimum atomic E-state index is -3.64. The highest BCUT2D eigenvalue weighted by Crippen LogP contribution is 2.34. The van der Waals surface area contributed by atoms with Crippen molar-refractivity contribution in [2.75, 3.05) is 35.6 Å². The largest absolute Gasteiger partial charge is 0.372 e. The van der Waals surface area contributed by atoms with Crippen LogP contribution in [0.3, 0.4) is 0 Å². The molecule has 2 N–H and O–H groups in total. The Hall–Kier alpha value is -2.03. The molecule has 1 heterocycles. The smallest absolute Gasteiger partial charge is 0.240 e. The lowest BCUT2D eigenvalue weighted by molar-refractivity contribution is -0.118. The number of thioether (sulfide) groups is 1. The number of hydrogen-bond donors (Lipinski definition) is 2. The minimum absolute atomic E-state index is 0.0840. The maximum absolute atomic E-state index is 12.7. The van der Waals surface area contributed by atoms with E-state index in [0.29, 0.717) is 24.4 Å². The van der Waals surface area contributed by atoms with E-state index in [1.807, 2.05) is 25.1 Å². The summed E-state index contributed by atoms with van der Waals surface area (Å²) in [6, 6.07) is 15.0. The first-order chi connectivity index (χ1) is 13.9. The van der Waals surface area contributed by atoms with Gasteiger partial charge < -0.3 is 10.2 Å². The number of nitrogens with one attached hydrogen (secondary N) is 2. The average Bonchev–Trinajstić information content (AvgIpc) is 2.86. The maximum Gasteiger partial charge on any atom is 0.240 e. The standard InChI is InChI=1S/C21H27N3O3S2/c1-3-24(17-8-5-4-6-9-17)13-7-12-22-29(26,27)18-10-11-20-19(14-18)23-21(25)16(2)15-28-20/h4-6,8-11,14,16,22H,3,7,12-13,15H2,1-2H3,(H,23,25)/t16-/m1/s1. The average molecular weight is 434 g/mol. The Balaban J connectivity index is 1.60. The molecule has 2 aromatic rings. The van der Waals surface area contributed by atoms with Gasteiger partial charge in [-0.25, -0.2) is 13.1 Å². The van der Waals surface area contributed by atoms with Crippen LogP contribution < -0.4 is 14.9 Å². The number of benzene rings is 2. The van der Waals surface area contributed by atoms with Crippen molar-refractivity contribution >= 4 is 39.1 Å². The summed E-state index contributed by atoms with van der Waals surface area (Å²) in [5.74, 6) is 0.481. The van der Waals surface area contributed by atoms with Crippen molar-refractivity contribution in [3.05, 3.63) is 48.5 Å². The van der Waals surface area contributed by atoms with Crippen LogP contribution in [0.4, 0.5) is 11.4 Å².